The first-order valence-electron chi connectivity index (χ1n) is 7.42. The van der Waals surface area contributed by atoms with E-state index in [4.69, 9.17) is 4.74 Å². The van der Waals surface area contributed by atoms with Gasteiger partial charge in [0.15, 0.2) is 0 Å². The Morgan fingerprint density at radius 3 is 2.64 bits per heavy atom. The molecule has 0 atom stereocenters. The SMILES string of the molecule is CCCOc1ccccc1NC(=O)c1cccc(N(C)C)c1. The van der Waals surface area contributed by atoms with Crippen molar-refractivity contribution in [2.45, 2.75) is 13.3 Å². The Morgan fingerprint density at radius 2 is 1.91 bits per heavy atom. The third-order valence-electron chi connectivity index (χ3n) is 3.22. The maximum atomic E-state index is 12.4. The van der Waals surface area contributed by atoms with Crippen molar-refractivity contribution in [2.75, 3.05) is 30.9 Å². The fraction of sp³-hybridized carbons (Fsp3) is 0.278. The molecule has 0 fully saturated rings. The number of nitrogens with zero attached hydrogens (tertiary/aromatic N) is 1. The van der Waals surface area contributed by atoms with Crippen LogP contribution >= 0.6 is 0 Å². The molecule has 0 aromatic heterocycles. The van der Waals surface area contributed by atoms with Crippen LogP contribution in [0.2, 0.25) is 0 Å². The van der Waals surface area contributed by atoms with E-state index in [2.05, 4.69) is 5.32 Å². The van der Waals surface area contributed by atoms with Gasteiger partial charge in [0.2, 0.25) is 0 Å². The number of benzene rings is 2. The maximum Gasteiger partial charge on any atom is 0.255 e. The molecule has 22 heavy (non-hydrogen) atoms. The summed E-state index contributed by atoms with van der Waals surface area (Å²) in [5, 5.41) is 2.92. The summed E-state index contributed by atoms with van der Waals surface area (Å²) in [4.78, 5) is 14.4. The van der Waals surface area contributed by atoms with Crippen LogP contribution in [0, 0.1) is 0 Å². The summed E-state index contributed by atoms with van der Waals surface area (Å²) in [6.45, 7) is 2.68. The molecule has 2 rings (SSSR count). The minimum absolute atomic E-state index is 0.142. The molecule has 0 heterocycles. The van der Waals surface area contributed by atoms with E-state index in [9.17, 15) is 4.79 Å². The molecule has 2 aromatic rings. The van der Waals surface area contributed by atoms with Crippen molar-refractivity contribution in [1.29, 1.82) is 0 Å². The average Bonchev–Trinajstić information content (AvgIpc) is 2.54. The number of ether oxygens (including phenoxy) is 1. The molecular weight excluding hydrogens is 276 g/mol. The van der Waals surface area contributed by atoms with Crippen LogP contribution in [0.25, 0.3) is 0 Å². The highest BCUT2D eigenvalue weighted by molar-refractivity contribution is 6.05. The number of carbonyl (C=O) groups is 1. The molecule has 0 aliphatic heterocycles. The maximum absolute atomic E-state index is 12.4. The van der Waals surface area contributed by atoms with E-state index in [1.54, 1.807) is 6.07 Å². The van der Waals surface area contributed by atoms with Gasteiger partial charge in [-0.15, -0.1) is 0 Å². The highest BCUT2D eigenvalue weighted by atomic mass is 16.5. The van der Waals surface area contributed by atoms with Crippen molar-refractivity contribution in [3.63, 3.8) is 0 Å². The smallest absolute Gasteiger partial charge is 0.255 e. The molecular formula is C18H22N2O2. The van der Waals surface area contributed by atoms with Crippen LogP contribution in [-0.2, 0) is 0 Å². The van der Waals surface area contributed by atoms with Gasteiger partial charge < -0.3 is 15.0 Å². The van der Waals surface area contributed by atoms with E-state index in [1.165, 1.54) is 0 Å². The molecule has 0 spiro atoms. The van der Waals surface area contributed by atoms with Gasteiger partial charge in [-0.1, -0.05) is 25.1 Å². The van der Waals surface area contributed by atoms with Crippen molar-refractivity contribution in [1.82, 2.24) is 0 Å². The fourth-order valence-electron chi connectivity index (χ4n) is 2.03. The van der Waals surface area contributed by atoms with Crippen molar-refractivity contribution in [3.05, 3.63) is 54.1 Å². The van der Waals surface area contributed by atoms with E-state index >= 15 is 0 Å². The summed E-state index contributed by atoms with van der Waals surface area (Å²) in [6.07, 6.45) is 0.924. The fourth-order valence-corrected chi connectivity index (χ4v) is 2.03. The molecule has 0 saturated carbocycles. The van der Waals surface area contributed by atoms with Crippen LogP contribution in [0.1, 0.15) is 23.7 Å². The summed E-state index contributed by atoms with van der Waals surface area (Å²) >= 11 is 0. The topological polar surface area (TPSA) is 41.6 Å². The van der Waals surface area contributed by atoms with Crippen molar-refractivity contribution >= 4 is 17.3 Å². The molecule has 0 aliphatic carbocycles. The Hall–Kier alpha value is -2.49. The summed E-state index contributed by atoms with van der Waals surface area (Å²) in [7, 11) is 3.90. The van der Waals surface area contributed by atoms with Gasteiger partial charge in [0.25, 0.3) is 5.91 Å². The van der Waals surface area contributed by atoms with Gasteiger partial charge in [0, 0.05) is 25.3 Å². The number of para-hydroxylation sites is 2. The van der Waals surface area contributed by atoms with Gasteiger partial charge in [-0.3, -0.25) is 4.79 Å². The summed E-state index contributed by atoms with van der Waals surface area (Å²) in [5.74, 6) is 0.553. The minimum atomic E-state index is -0.142. The van der Waals surface area contributed by atoms with E-state index in [0.29, 0.717) is 23.6 Å². The monoisotopic (exact) mass is 298 g/mol. The zero-order valence-electron chi connectivity index (χ0n) is 13.3. The molecule has 116 valence electrons. The van der Waals surface area contributed by atoms with Gasteiger partial charge in [-0.05, 0) is 36.8 Å². The second-order valence-corrected chi connectivity index (χ2v) is 5.24. The summed E-state index contributed by atoms with van der Waals surface area (Å²) < 4.78 is 5.66. The third-order valence-corrected chi connectivity index (χ3v) is 3.22. The lowest BCUT2D eigenvalue weighted by molar-refractivity contribution is 0.102. The lowest BCUT2D eigenvalue weighted by atomic mass is 10.1. The molecule has 4 nitrogen and oxygen atoms in total. The predicted molar refractivity (Wildman–Crippen MR) is 91.0 cm³/mol. The Labute approximate surface area is 131 Å². The van der Waals surface area contributed by atoms with Crippen LogP contribution in [0.3, 0.4) is 0 Å². The minimum Gasteiger partial charge on any atom is -0.491 e. The number of anilines is 2. The number of carbonyl (C=O) groups excluding carboxylic acids is 1. The number of nitrogens with one attached hydrogen (secondary N) is 1. The molecule has 1 N–H and O–H groups in total. The molecule has 1 amide bonds. The highest BCUT2D eigenvalue weighted by Gasteiger charge is 2.10. The van der Waals surface area contributed by atoms with Crippen molar-refractivity contribution < 1.29 is 9.53 Å². The zero-order chi connectivity index (χ0) is 15.9. The number of amides is 1. The Bertz CT molecular complexity index is 638. The lowest BCUT2D eigenvalue weighted by Gasteiger charge is -2.14. The molecule has 2 aromatic carbocycles. The van der Waals surface area contributed by atoms with Gasteiger partial charge >= 0.3 is 0 Å². The van der Waals surface area contributed by atoms with Gasteiger partial charge in [0.1, 0.15) is 5.75 Å². The second kappa shape index (κ2) is 7.50. The quantitative estimate of drug-likeness (QED) is 0.882. The standard InChI is InChI=1S/C18H22N2O2/c1-4-12-22-17-11-6-5-10-16(17)19-18(21)14-8-7-9-15(13-14)20(2)3/h5-11,13H,4,12H2,1-3H3,(H,19,21). The lowest BCUT2D eigenvalue weighted by Crippen LogP contribution is -2.15. The van der Waals surface area contributed by atoms with Gasteiger partial charge in [-0.25, -0.2) is 0 Å². The second-order valence-electron chi connectivity index (χ2n) is 5.24. The van der Waals surface area contributed by atoms with Crippen LogP contribution < -0.4 is 15.0 Å². The normalized spacial score (nSPS) is 10.1. The first-order valence-corrected chi connectivity index (χ1v) is 7.42. The van der Waals surface area contributed by atoms with Crippen molar-refractivity contribution in [3.8, 4) is 5.75 Å². The van der Waals surface area contributed by atoms with Crippen LogP contribution in [-0.4, -0.2) is 26.6 Å². The zero-order valence-corrected chi connectivity index (χ0v) is 13.3. The average molecular weight is 298 g/mol. The number of rotatable bonds is 6. The van der Waals surface area contributed by atoms with E-state index < -0.39 is 0 Å². The molecule has 0 bridgehead atoms. The van der Waals surface area contributed by atoms with E-state index in [0.717, 1.165) is 12.1 Å². The molecule has 0 radical (unpaired) electrons. The predicted octanol–water partition coefficient (Wildman–Crippen LogP) is 3.79. The van der Waals surface area contributed by atoms with Gasteiger partial charge in [0.05, 0.1) is 12.3 Å². The molecule has 0 aliphatic rings. The largest absolute Gasteiger partial charge is 0.491 e. The van der Waals surface area contributed by atoms with Crippen LogP contribution in [0.4, 0.5) is 11.4 Å². The first kappa shape index (κ1) is 15.9. The Kier molecular flexibility index (Phi) is 5.42. The van der Waals surface area contributed by atoms with E-state index in [1.807, 2.05) is 68.4 Å². The molecule has 0 saturated heterocycles. The van der Waals surface area contributed by atoms with Crippen molar-refractivity contribution in [2.24, 2.45) is 0 Å². The van der Waals surface area contributed by atoms with Crippen LogP contribution in [0.5, 0.6) is 5.75 Å². The molecule has 0 unspecified atom stereocenters. The molecule has 4 heteroatoms. The van der Waals surface area contributed by atoms with Gasteiger partial charge in [-0.2, -0.15) is 0 Å². The summed E-state index contributed by atoms with van der Waals surface area (Å²) in [5.41, 5.74) is 2.30. The first-order chi connectivity index (χ1) is 10.6. The third kappa shape index (κ3) is 4.01. The van der Waals surface area contributed by atoms with Crippen LogP contribution in [0.15, 0.2) is 48.5 Å². The Balaban J connectivity index is 2.17. The highest BCUT2D eigenvalue weighted by Crippen LogP contribution is 2.25. The Morgan fingerprint density at radius 1 is 1.14 bits per heavy atom. The summed E-state index contributed by atoms with van der Waals surface area (Å²) in [6, 6.07) is 15.0. The number of hydrogen-bond acceptors (Lipinski definition) is 3. The number of hydrogen-bond donors (Lipinski definition) is 1. The van der Waals surface area contributed by atoms with E-state index in [-0.39, 0.29) is 5.91 Å².